The Labute approximate surface area is 219 Å². The number of cyclic esters (lactones) is 1. The van der Waals surface area contributed by atoms with Gasteiger partial charge >= 0.3 is 11.9 Å². The van der Waals surface area contributed by atoms with Crippen molar-refractivity contribution in [2.24, 2.45) is 17.8 Å². The highest BCUT2D eigenvalue weighted by Gasteiger charge is 2.43. The predicted molar refractivity (Wildman–Crippen MR) is 139 cm³/mol. The second-order valence-corrected chi connectivity index (χ2v) is 10.8. The van der Waals surface area contributed by atoms with Crippen molar-refractivity contribution >= 4 is 11.9 Å². The van der Waals surface area contributed by atoms with Crippen LogP contribution >= 0.6 is 0 Å². The van der Waals surface area contributed by atoms with Gasteiger partial charge < -0.3 is 24.4 Å². The minimum Gasteiger partial charge on any atom is -0.478 e. The van der Waals surface area contributed by atoms with Crippen molar-refractivity contribution in [2.45, 2.75) is 96.7 Å². The van der Waals surface area contributed by atoms with Gasteiger partial charge in [-0.1, -0.05) is 44.2 Å². The Morgan fingerprint density at radius 3 is 2.70 bits per heavy atom. The van der Waals surface area contributed by atoms with Gasteiger partial charge in [0.05, 0.1) is 18.6 Å². The number of esters is 2. The van der Waals surface area contributed by atoms with E-state index in [1.165, 1.54) is 0 Å². The Kier molecular flexibility index (Phi) is 8.75. The first-order chi connectivity index (χ1) is 17.7. The molecule has 0 amide bonds. The molecule has 7 heteroatoms. The van der Waals surface area contributed by atoms with E-state index in [1.54, 1.807) is 0 Å². The van der Waals surface area contributed by atoms with Crippen LogP contribution in [0.5, 0.6) is 5.75 Å². The molecular weight excluding hydrogens is 472 g/mol. The maximum Gasteiger partial charge on any atom is 0.347 e. The summed E-state index contributed by atoms with van der Waals surface area (Å²) in [6.45, 7) is 8.01. The third-order valence-electron chi connectivity index (χ3n) is 8.16. The van der Waals surface area contributed by atoms with E-state index in [2.05, 4.69) is 13.0 Å². The third kappa shape index (κ3) is 6.44. The summed E-state index contributed by atoms with van der Waals surface area (Å²) in [4.78, 5) is 25.1. The van der Waals surface area contributed by atoms with E-state index >= 15 is 0 Å². The molecule has 4 rings (SSSR count). The number of carbonyl (C=O) groups is 2. The highest BCUT2D eigenvalue weighted by Crippen LogP contribution is 2.44. The van der Waals surface area contributed by atoms with Crippen LogP contribution in [0.3, 0.4) is 0 Å². The van der Waals surface area contributed by atoms with Crippen molar-refractivity contribution in [1.29, 1.82) is 0 Å². The number of allylic oxidation sites excluding steroid dienone is 2. The summed E-state index contributed by atoms with van der Waals surface area (Å²) in [5.74, 6) is 0.171. The van der Waals surface area contributed by atoms with E-state index in [9.17, 15) is 19.8 Å². The lowest BCUT2D eigenvalue weighted by molar-refractivity contribution is -0.165. The molecule has 3 aliphatic rings. The Morgan fingerprint density at radius 2 is 1.97 bits per heavy atom. The molecule has 1 fully saturated rings. The molecule has 0 spiro atoms. The molecule has 1 saturated heterocycles. The molecule has 0 radical (unpaired) electrons. The van der Waals surface area contributed by atoms with Crippen molar-refractivity contribution in [3.63, 3.8) is 0 Å². The van der Waals surface area contributed by atoms with Gasteiger partial charge in [0.25, 0.3) is 0 Å². The number of rotatable bonds is 8. The molecule has 5 unspecified atom stereocenters. The van der Waals surface area contributed by atoms with Crippen LogP contribution in [0.25, 0.3) is 0 Å². The Hall–Kier alpha value is -2.64. The lowest BCUT2D eigenvalue weighted by Crippen LogP contribution is -2.44. The van der Waals surface area contributed by atoms with Gasteiger partial charge in [-0.15, -0.1) is 0 Å². The molecule has 8 atom stereocenters. The van der Waals surface area contributed by atoms with E-state index < -0.39 is 30.4 Å². The van der Waals surface area contributed by atoms with Crippen molar-refractivity contribution in [2.75, 3.05) is 0 Å². The first-order valence-electron chi connectivity index (χ1n) is 13.5. The molecule has 37 heavy (non-hydrogen) atoms. The monoisotopic (exact) mass is 512 g/mol. The smallest absolute Gasteiger partial charge is 0.347 e. The molecule has 1 aromatic rings. The SMILES string of the molecule is CC[C@H](Oc1cccc(C)c1C)C(=O)OC1CC(O)C=C2C=CC(C)C(CC[C@@H]3C[C@@H](O)CC(=O)O3)C21. The van der Waals surface area contributed by atoms with Gasteiger partial charge in [-0.2, -0.15) is 0 Å². The number of carbonyl (C=O) groups excluding carboxylic acids is 2. The summed E-state index contributed by atoms with van der Waals surface area (Å²) in [7, 11) is 0. The summed E-state index contributed by atoms with van der Waals surface area (Å²) in [5.41, 5.74) is 3.06. The average molecular weight is 513 g/mol. The number of aryl methyl sites for hydroxylation is 1. The van der Waals surface area contributed by atoms with Crippen LogP contribution in [-0.4, -0.2) is 52.7 Å². The normalized spacial score (nSPS) is 32.1. The molecule has 0 aromatic heterocycles. The Morgan fingerprint density at radius 1 is 1.19 bits per heavy atom. The lowest BCUT2D eigenvalue weighted by Gasteiger charge is -2.43. The molecule has 1 aliphatic heterocycles. The van der Waals surface area contributed by atoms with Crippen LogP contribution in [0, 0.1) is 31.6 Å². The highest BCUT2D eigenvalue weighted by atomic mass is 16.6. The molecule has 2 N–H and O–H groups in total. The average Bonchev–Trinajstić information content (AvgIpc) is 2.83. The lowest BCUT2D eigenvalue weighted by atomic mass is 9.66. The van der Waals surface area contributed by atoms with Crippen LogP contribution in [0.4, 0.5) is 0 Å². The van der Waals surface area contributed by atoms with E-state index in [-0.39, 0.29) is 36.2 Å². The quantitative estimate of drug-likeness (QED) is 0.499. The standard InChI is InChI=1S/C30H40O7/c1-5-25(36-26-8-6-7-17(2)19(26)4)30(34)37-27-15-21(31)13-20-10-9-18(3)24(29(20)27)12-11-23-14-22(32)16-28(33)35-23/h6-10,13,18,21-25,27,29,31-32H,5,11-12,14-16H2,1-4H3/t18?,21?,22-,23-,24?,25+,27?,29?/m1/s1. The first kappa shape index (κ1) is 27.4. The first-order valence-corrected chi connectivity index (χ1v) is 13.5. The van der Waals surface area contributed by atoms with Crippen LogP contribution in [-0.2, 0) is 19.1 Å². The van der Waals surface area contributed by atoms with Gasteiger partial charge in [0.15, 0.2) is 6.10 Å². The number of benzene rings is 1. The van der Waals surface area contributed by atoms with E-state index in [0.29, 0.717) is 31.4 Å². The summed E-state index contributed by atoms with van der Waals surface area (Å²) in [5, 5.41) is 20.5. The van der Waals surface area contributed by atoms with E-state index in [4.69, 9.17) is 14.2 Å². The van der Waals surface area contributed by atoms with E-state index in [1.807, 2.05) is 51.1 Å². The van der Waals surface area contributed by atoms with Crippen LogP contribution in [0.2, 0.25) is 0 Å². The van der Waals surface area contributed by atoms with Crippen molar-refractivity contribution < 1.29 is 34.0 Å². The Bertz CT molecular complexity index is 1040. The zero-order chi connectivity index (χ0) is 26.7. The van der Waals surface area contributed by atoms with Crippen LogP contribution in [0.1, 0.15) is 63.5 Å². The minimum absolute atomic E-state index is 0.0488. The van der Waals surface area contributed by atoms with Crippen molar-refractivity contribution in [3.8, 4) is 5.75 Å². The van der Waals surface area contributed by atoms with Gasteiger partial charge in [-0.3, -0.25) is 4.79 Å². The molecule has 1 heterocycles. The van der Waals surface area contributed by atoms with Crippen molar-refractivity contribution in [3.05, 3.63) is 53.1 Å². The fourth-order valence-corrected chi connectivity index (χ4v) is 5.93. The summed E-state index contributed by atoms with van der Waals surface area (Å²) >= 11 is 0. The van der Waals surface area contributed by atoms with Crippen LogP contribution in [0.15, 0.2) is 42.0 Å². The molecule has 202 valence electrons. The number of fused-ring (bicyclic) bond motifs is 1. The number of aliphatic hydroxyl groups is 2. The Balaban J connectivity index is 1.49. The minimum atomic E-state index is -0.745. The summed E-state index contributed by atoms with van der Waals surface area (Å²) in [6, 6.07) is 5.78. The maximum atomic E-state index is 13.3. The fourth-order valence-electron chi connectivity index (χ4n) is 5.93. The zero-order valence-electron chi connectivity index (χ0n) is 22.3. The third-order valence-corrected chi connectivity index (χ3v) is 8.16. The zero-order valence-corrected chi connectivity index (χ0v) is 22.3. The summed E-state index contributed by atoms with van der Waals surface area (Å²) in [6.07, 6.45) is 5.78. The topological polar surface area (TPSA) is 102 Å². The predicted octanol–water partition coefficient (Wildman–Crippen LogP) is 4.35. The molecule has 2 aliphatic carbocycles. The second-order valence-electron chi connectivity index (χ2n) is 10.8. The van der Waals surface area contributed by atoms with Gasteiger partial charge in [-0.05, 0) is 67.7 Å². The summed E-state index contributed by atoms with van der Waals surface area (Å²) < 4.78 is 17.7. The largest absolute Gasteiger partial charge is 0.478 e. The number of hydrogen-bond donors (Lipinski definition) is 2. The number of aliphatic hydroxyl groups excluding tert-OH is 2. The molecule has 0 saturated carbocycles. The molecule has 1 aromatic carbocycles. The second kappa shape index (κ2) is 11.8. The van der Waals surface area contributed by atoms with Gasteiger partial charge in [-0.25, -0.2) is 4.79 Å². The maximum absolute atomic E-state index is 13.3. The highest BCUT2D eigenvalue weighted by molar-refractivity contribution is 5.75. The fraction of sp³-hybridized carbons (Fsp3) is 0.600. The van der Waals surface area contributed by atoms with Gasteiger partial charge in [0.2, 0.25) is 0 Å². The van der Waals surface area contributed by atoms with Crippen LogP contribution < -0.4 is 4.74 Å². The molecule has 0 bridgehead atoms. The van der Waals surface area contributed by atoms with E-state index in [0.717, 1.165) is 23.1 Å². The van der Waals surface area contributed by atoms with Gasteiger partial charge in [0, 0.05) is 18.8 Å². The molecular formula is C30H40O7. The number of ether oxygens (including phenoxy) is 3. The number of hydrogen-bond acceptors (Lipinski definition) is 7. The molecule has 7 nitrogen and oxygen atoms in total. The van der Waals surface area contributed by atoms with Crippen molar-refractivity contribution in [1.82, 2.24) is 0 Å². The van der Waals surface area contributed by atoms with Gasteiger partial charge in [0.1, 0.15) is 18.0 Å².